The van der Waals surface area contributed by atoms with Gasteiger partial charge in [-0.3, -0.25) is 0 Å². The minimum atomic E-state index is 0.766. The Hall–Kier alpha value is -5.12. The van der Waals surface area contributed by atoms with E-state index in [1.165, 1.54) is 70.2 Å². The summed E-state index contributed by atoms with van der Waals surface area (Å²) in [4.78, 5) is 9.49. The fraction of sp³-hybridized carbons (Fsp3) is 0. The highest BCUT2D eigenvalue weighted by molar-refractivity contribution is 7.26. The number of hydrogen-bond donors (Lipinski definition) is 0. The monoisotopic (exact) mass is 538 g/mol. The number of thiophene rings is 1. The molecule has 41 heavy (non-hydrogen) atoms. The lowest BCUT2D eigenvalue weighted by atomic mass is 9.80. The lowest BCUT2D eigenvalue weighted by molar-refractivity contribution is 1.29. The quantitative estimate of drug-likeness (QED) is 0.208. The molecular weight excluding hydrogens is 516 g/mol. The van der Waals surface area contributed by atoms with E-state index in [1.54, 1.807) is 0 Å². The third-order valence-electron chi connectivity index (χ3n) is 8.37. The summed E-state index contributed by atoms with van der Waals surface area (Å²) < 4.78 is 2.64. The van der Waals surface area contributed by atoms with Gasteiger partial charge >= 0.3 is 0 Å². The van der Waals surface area contributed by atoms with Crippen LogP contribution in [-0.4, -0.2) is 9.97 Å². The van der Waals surface area contributed by atoms with Crippen molar-refractivity contribution in [2.24, 2.45) is 0 Å². The minimum absolute atomic E-state index is 0.766. The van der Waals surface area contributed by atoms with Crippen LogP contribution in [0.5, 0.6) is 0 Å². The second-order valence-corrected chi connectivity index (χ2v) is 11.6. The molecule has 0 amide bonds. The first-order valence-corrected chi connectivity index (χ1v) is 14.6. The van der Waals surface area contributed by atoms with Crippen molar-refractivity contribution in [1.82, 2.24) is 9.97 Å². The molecule has 190 valence electrons. The van der Waals surface area contributed by atoms with Crippen LogP contribution >= 0.6 is 11.3 Å². The second kappa shape index (κ2) is 8.69. The zero-order chi connectivity index (χ0) is 26.9. The Kier molecular flexibility index (Phi) is 4.80. The summed E-state index contributed by atoms with van der Waals surface area (Å²) in [6, 6.07) is 44.1. The van der Waals surface area contributed by atoms with Crippen LogP contribution in [0.1, 0.15) is 0 Å². The molecule has 5 aromatic carbocycles. The number of nitrogens with zero attached hydrogens (tertiary/aromatic N) is 2. The average Bonchev–Trinajstić information content (AvgIpc) is 3.42. The van der Waals surface area contributed by atoms with Crippen LogP contribution in [0.2, 0.25) is 0 Å². The molecule has 9 rings (SSSR count). The van der Waals surface area contributed by atoms with Crippen LogP contribution in [0, 0.1) is 0 Å². The van der Waals surface area contributed by atoms with Crippen molar-refractivity contribution in [3.8, 4) is 55.6 Å². The molecule has 3 aromatic heterocycles. The van der Waals surface area contributed by atoms with Crippen LogP contribution in [0.4, 0.5) is 0 Å². The van der Waals surface area contributed by atoms with E-state index in [4.69, 9.17) is 4.98 Å². The van der Waals surface area contributed by atoms with Crippen LogP contribution < -0.4 is 0 Å². The van der Waals surface area contributed by atoms with Gasteiger partial charge in [0.2, 0.25) is 0 Å². The van der Waals surface area contributed by atoms with Gasteiger partial charge < -0.3 is 0 Å². The van der Waals surface area contributed by atoms with E-state index in [2.05, 4.69) is 120 Å². The molecule has 0 atom stereocenters. The van der Waals surface area contributed by atoms with Gasteiger partial charge in [-0.15, -0.1) is 11.3 Å². The Morgan fingerprint density at radius 3 is 1.95 bits per heavy atom. The van der Waals surface area contributed by atoms with Crippen molar-refractivity contribution >= 4 is 42.5 Å². The number of benzene rings is 5. The summed E-state index contributed by atoms with van der Waals surface area (Å²) in [6.45, 7) is 0. The van der Waals surface area contributed by atoms with Gasteiger partial charge in [-0.2, -0.15) is 0 Å². The van der Waals surface area contributed by atoms with E-state index in [-0.39, 0.29) is 0 Å². The molecule has 1 aliphatic carbocycles. The smallest absolute Gasteiger partial charge is 0.159 e. The van der Waals surface area contributed by atoms with E-state index in [9.17, 15) is 0 Å². The van der Waals surface area contributed by atoms with Crippen LogP contribution in [0.3, 0.4) is 0 Å². The first kappa shape index (κ1) is 22.7. The third kappa shape index (κ3) is 3.30. The van der Waals surface area contributed by atoms with Crippen molar-refractivity contribution in [2.45, 2.75) is 0 Å². The van der Waals surface area contributed by atoms with Gasteiger partial charge in [0.1, 0.15) is 0 Å². The summed E-state index contributed by atoms with van der Waals surface area (Å²) >= 11 is 1.87. The summed E-state index contributed by atoms with van der Waals surface area (Å²) in [6.07, 6.45) is 3.85. The Bertz CT molecular complexity index is 2330. The maximum atomic E-state index is 4.87. The SMILES string of the molecule is c1ccc2c(c1)-c1ccc(-c3cccc4c3sc3ccccc34)cc1-c1cnc3ncccc3c1-c1ccccc1-2. The Morgan fingerprint density at radius 2 is 1.10 bits per heavy atom. The molecule has 0 unspecified atom stereocenters. The van der Waals surface area contributed by atoms with Gasteiger partial charge in [-0.25, -0.2) is 9.97 Å². The second-order valence-electron chi connectivity index (χ2n) is 10.6. The largest absolute Gasteiger partial charge is 0.237 e. The Balaban J connectivity index is 1.41. The molecule has 3 heterocycles. The van der Waals surface area contributed by atoms with E-state index in [0.717, 1.165) is 16.6 Å². The lowest BCUT2D eigenvalue weighted by Crippen LogP contribution is -1.99. The van der Waals surface area contributed by atoms with Crippen LogP contribution in [0.15, 0.2) is 134 Å². The highest BCUT2D eigenvalue weighted by Crippen LogP contribution is 2.50. The fourth-order valence-electron chi connectivity index (χ4n) is 6.56. The number of hydrogen-bond acceptors (Lipinski definition) is 3. The summed E-state index contributed by atoms with van der Waals surface area (Å²) in [5, 5.41) is 3.70. The summed E-state index contributed by atoms with van der Waals surface area (Å²) in [5.74, 6) is 0. The highest BCUT2D eigenvalue weighted by Gasteiger charge is 2.24. The molecular formula is C38H22N2S. The van der Waals surface area contributed by atoms with Crippen molar-refractivity contribution in [1.29, 1.82) is 0 Å². The normalized spacial score (nSPS) is 11.9. The number of fused-ring (bicyclic) bond motifs is 13. The maximum absolute atomic E-state index is 4.87. The van der Waals surface area contributed by atoms with E-state index in [0.29, 0.717) is 0 Å². The minimum Gasteiger partial charge on any atom is -0.237 e. The summed E-state index contributed by atoms with van der Waals surface area (Å²) in [7, 11) is 0. The number of pyridine rings is 2. The molecule has 1 aliphatic rings. The zero-order valence-corrected chi connectivity index (χ0v) is 22.8. The van der Waals surface area contributed by atoms with Gasteiger partial charge in [0.25, 0.3) is 0 Å². The summed E-state index contributed by atoms with van der Waals surface area (Å²) in [5.41, 5.74) is 12.9. The lowest BCUT2D eigenvalue weighted by Gasteiger charge is -2.24. The van der Waals surface area contributed by atoms with E-state index >= 15 is 0 Å². The molecule has 0 saturated carbocycles. The highest BCUT2D eigenvalue weighted by atomic mass is 32.1. The Labute approximate surface area is 241 Å². The predicted molar refractivity (Wildman–Crippen MR) is 173 cm³/mol. The topological polar surface area (TPSA) is 25.8 Å². The molecule has 2 nitrogen and oxygen atoms in total. The predicted octanol–water partition coefficient (Wildman–Crippen LogP) is 10.6. The zero-order valence-electron chi connectivity index (χ0n) is 22.0. The molecule has 0 radical (unpaired) electrons. The van der Waals surface area contributed by atoms with Gasteiger partial charge in [0, 0.05) is 49.1 Å². The van der Waals surface area contributed by atoms with Crippen molar-refractivity contribution in [2.75, 3.05) is 0 Å². The molecule has 0 N–H and O–H groups in total. The van der Waals surface area contributed by atoms with Crippen molar-refractivity contribution < 1.29 is 0 Å². The van der Waals surface area contributed by atoms with E-state index < -0.39 is 0 Å². The first-order valence-electron chi connectivity index (χ1n) is 13.8. The molecule has 0 bridgehead atoms. The Morgan fingerprint density at radius 1 is 0.439 bits per heavy atom. The number of rotatable bonds is 1. The fourth-order valence-corrected chi connectivity index (χ4v) is 7.80. The maximum Gasteiger partial charge on any atom is 0.159 e. The third-order valence-corrected chi connectivity index (χ3v) is 9.59. The van der Waals surface area contributed by atoms with Crippen molar-refractivity contribution in [3.05, 3.63) is 134 Å². The molecule has 0 saturated heterocycles. The van der Waals surface area contributed by atoms with Crippen LogP contribution in [-0.2, 0) is 0 Å². The molecule has 0 fully saturated rings. The standard InChI is InChI=1S/C38H22N2S/c1-2-10-26-25(9-1)27-11-3-4-13-30(27)36-32-16-8-20-39-38(32)40-22-34(36)33-21-23(18-19-28(26)33)24-14-7-15-31-29-12-5-6-17-35(29)41-37(24)31/h1-22H. The van der Waals surface area contributed by atoms with Crippen molar-refractivity contribution in [3.63, 3.8) is 0 Å². The molecule has 8 aromatic rings. The van der Waals surface area contributed by atoms with Gasteiger partial charge in [0.15, 0.2) is 5.65 Å². The first-order chi connectivity index (χ1) is 20.3. The molecule has 0 aliphatic heterocycles. The average molecular weight is 539 g/mol. The van der Waals surface area contributed by atoms with Gasteiger partial charge in [-0.05, 0) is 68.8 Å². The number of aromatic nitrogens is 2. The van der Waals surface area contributed by atoms with Gasteiger partial charge in [-0.1, -0.05) is 97.1 Å². The van der Waals surface area contributed by atoms with E-state index in [1.807, 2.05) is 29.8 Å². The van der Waals surface area contributed by atoms with Gasteiger partial charge in [0.05, 0.1) is 0 Å². The molecule has 0 spiro atoms. The van der Waals surface area contributed by atoms with Crippen LogP contribution in [0.25, 0.3) is 86.8 Å². The molecule has 3 heteroatoms.